The summed E-state index contributed by atoms with van der Waals surface area (Å²) < 4.78 is 26.2. The molecule has 18 heavy (non-hydrogen) atoms. The molecular weight excluding hydrogens is 242 g/mol. The van der Waals surface area contributed by atoms with E-state index in [4.69, 9.17) is 5.73 Å². The Morgan fingerprint density at radius 1 is 1.22 bits per heavy atom. The van der Waals surface area contributed by atoms with Crippen molar-refractivity contribution in [3.05, 3.63) is 47.9 Å². The summed E-state index contributed by atoms with van der Waals surface area (Å²) >= 11 is 0. The number of anilines is 2. The van der Waals surface area contributed by atoms with Crippen molar-refractivity contribution >= 4 is 17.4 Å². The van der Waals surface area contributed by atoms with Crippen LogP contribution in [0.25, 0.3) is 0 Å². The van der Waals surface area contributed by atoms with Crippen LogP contribution in [0.1, 0.15) is 10.5 Å². The van der Waals surface area contributed by atoms with Gasteiger partial charge in [0.15, 0.2) is 0 Å². The van der Waals surface area contributed by atoms with Crippen molar-refractivity contribution in [3.8, 4) is 0 Å². The highest BCUT2D eigenvalue weighted by molar-refractivity contribution is 6.02. The Bertz CT molecular complexity index is 586. The highest BCUT2D eigenvalue weighted by Gasteiger charge is 2.11. The molecule has 7 heteroatoms. The smallest absolute Gasteiger partial charge is 0.275 e. The molecule has 0 saturated carbocycles. The van der Waals surface area contributed by atoms with Gasteiger partial charge in [-0.25, -0.2) is 18.7 Å². The van der Waals surface area contributed by atoms with Crippen LogP contribution < -0.4 is 11.1 Å². The van der Waals surface area contributed by atoms with E-state index in [2.05, 4.69) is 15.3 Å². The summed E-state index contributed by atoms with van der Waals surface area (Å²) in [7, 11) is 0. The Balaban J connectivity index is 2.21. The van der Waals surface area contributed by atoms with Gasteiger partial charge in [0, 0.05) is 6.07 Å². The Kier molecular flexibility index (Phi) is 3.13. The molecule has 0 aliphatic rings. The minimum Gasteiger partial charge on any atom is -0.382 e. The molecule has 0 atom stereocenters. The maximum absolute atomic E-state index is 13.3. The first-order chi connectivity index (χ1) is 8.56. The lowest BCUT2D eigenvalue weighted by atomic mass is 10.3. The Hall–Kier alpha value is -2.57. The van der Waals surface area contributed by atoms with Gasteiger partial charge >= 0.3 is 0 Å². The van der Waals surface area contributed by atoms with Crippen molar-refractivity contribution in [3.63, 3.8) is 0 Å². The fourth-order valence-electron chi connectivity index (χ4n) is 1.23. The zero-order chi connectivity index (χ0) is 13.1. The van der Waals surface area contributed by atoms with E-state index in [1.165, 1.54) is 6.20 Å². The molecule has 1 aromatic carbocycles. The number of nitrogens with one attached hydrogen (secondary N) is 1. The number of hydrogen-bond acceptors (Lipinski definition) is 4. The largest absolute Gasteiger partial charge is 0.382 e. The molecule has 0 bridgehead atoms. The van der Waals surface area contributed by atoms with Crippen molar-refractivity contribution in [2.24, 2.45) is 0 Å². The van der Waals surface area contributed by atoms with E-state index in [9.17, 15) is 13.6 Å². The van der Waals surface area contributed by atoms with Gasteiger partial charge in [-0.3, -0.25) is 4.79 Å². The van der Waals surface area contributed by atoms with Crippen molar-refractivity contribution in [2.45, 2.75) is 0 Å². The van der Waals surface area contributed by atoms with Crippen LogP contribution in [-0.4, -0.2) is 15.9 Å². The summed E-state index contributed by atoms with van der Waals surface area (Å²) in [5.41, 5.74) is 5.00. The van der Waals surface area contributed by atoms with Gasteiger partial charge in [-0.1, -0.05) is 0 Å². The molecule has 1 aromatic heterocycles. The number of carbonyl (C=O) groups excluding carboxylic acids is 1. The van der Waals surface area contributed by atoms with Crippen LogP contribution in [-0.2, 0) is 0 Å². The van der Waals surface area contributed by atoms with E-state index >= 15 is 0 Å². The Labute approximate surface area is 101 Å². The number of nitrogens with two attached hydrogens (primary N) is 1. The van der Waals surface area contributed by atoms with Gasteiger partial charge in [-0.15, -0.1) is 0 Å². The van der Waals surface area contributed by atoms with E-state index in [1.54, 1.807) is 0 Å². The Morgan fingerprint density at radius 3 is 2.67 bits per heavy atom. The molecule has 0 aliphatic heterocycles. The lowest BCUT2D eigenvalue weighted by Crippen LogP contribution is -2.15. The van der Waals surface area contributed by atoms with E-state index in [0.29, 0.717) is 0 Å². The molecule has 2 rings (SSSR count). The number of rotatable bonds is 2. The molecule has 1 amide bonds. The number of halogens is 2. The summed E-state index contributed by atoms with van der Waals surface area (Å²) in [6.07, 6.45) is 2.33. The van der Waals surface area contributed by atoms with Crippen molar-refractivity contribution in [2.75, 3.05) is 11.1 Å². The number of hydrogen-bond donors (Lipinski definition) is 2. The van der Waals surface area contributed by atoms with Crippen molar-refractivity contribution < 1.29 is 13.6 Å². The number of aromatic nitrogens is 2. The van der Waals surface area contributed by atoms with E-state index < -0.39 is 17.5 Å². The fraction of sp³-hybridized carbons (Fsp3) is 0. The zero-order valence-electron chi connectivity index (χ0n) is 9.02. The average molecular weight is 250 g/mol. The normalized spacial score (nSPS) is 10.1. The minimum absolute atomic E-state index is 0.0483. The van der Waals surface area contributed by atoms with Crippen molar-refractivity contribution in [1.82, 2.24) is 9.97 Å². The maximum atomic E-state index is 13.3. The van der Waals surface area contributed by atoms with Gasteiger partial charge in [0.25, 0.3) is 5.91 Å². The van der Waals surface area contributed by atoms with E-state index in [0.717, 1.165) is 24.4 Å². The highest BCUT2D eigenvalue weighted by Crippen LogP contribution is 2.15. The molecule has 0 aliphatic carbocycles. The molecule has 92 valence electrons. The number of nitrogens with zero attached hydrogens (tertiary/aromatic N) is 2. The monoisotopic (exact) mass is 250 g/mol. The predicted octanol–water partition coefficient (Wildman–Crippen LogP) is 1.59. The number of nitrogen functional groups attached to an aromatic ring is 1. The Morgan fingerprint density at radius 2 is 2.00 bits per heavy atom. The molecule has 0 saturated heterocycles. The third-order valence-electron chi connectivity index (χ3n) is 2.08. The standard InChI is InChI=1S/C11H8F2N4O/c12-6-1-2-7(13)8(3-6)17-11(18)9-4-16-10(14)5-15-9/h1-5H,(H2,14,16)(H,17,18). The topological polar surface area (TPSA) is 80.9 Å². The van der Waals surface area contributed by atoms with Gasteiger partial charge < -0.3 is 11.1 Å². The average Bonchev–Trinajstić information content (AvgIpc) is 2.34. The second-order valence-corrected chi connectivity index (χ2v) is 3.40. The fourth-order valence-corrected chi connectivity index (χ4v) is 1.23. The number of benzene rings is 1. The van der Waals surface area contributed by atoms with Crippen LogP contribution in [0.5, 0.6) is 0 Å². The van der Waals surface area contributed by atoms with Gasteiger partial charge in [0.1, 0.15) is 23.1 Å². The molecular formula is C11H8F2N4O. The molecule has 2 aromatic rings. The summed E-state index contributed by atoms with van der Waals surface area (Å²) in [4.78, 5) is 19.0. The van der Waals surface area contributed by atoms with Gasteiger partial charge in [0.2, 0.25) is 0 Å². The highest BCUT2D eigenvalue weighted by atomic mass is 19.1. The third kappa shape index (κ3) is 2.57. The predicted molar refractivity (Wildman–Crippen MR) is 60.8 cm³/mol. The van der Waals surface area contributed by atoms with E-state index in [-0.39, 0.29) is 17.2 Å². The second-order valence-electron chi connectivity index (χ2n) is 3.40. The lowest BCUT2D eigenvalue weighted by Gasteiger charge is -2.05. The zero-order valence-corrected chi connectivity index (χ0v) is 9.02. The third-order valence-corrected chi connectivity index (χ3v) is 2.08. The van der Waals surface area contributed by atoms with Gasteiger partial charge in [-0.2, -0.15) is 0 Å². The van der Waals surface area contributed by atoms with Gasteiger partial charge in [-0.05, 0) is 12.1 Å². The van der Waals surface area contributed by atoms with Crippen LogP contribution in [0.3, 0.4) is 0 Å². The SMILES string of the molecule is Nc1cnc(C(=O)Nc2cc(F)ccc2F)cn1. The molecule has 5 nitrogen and oxygen atoms in total. The first-order valence-corrected chi connectivity index (χ1v) is 4.90. The number of carbonyl (C=O) groups is 1. The first-order valence-electron chi connectivity index (χ1n) is 4.90. The lowest BCUT2D eigenvalue weighted by molar-refractivity contribution is 0.102. The molecule has 1 heterocycles. The molecule has 0 unspecified atom stereocenters. The molecule has 0 spiro atoms. The molecule has 0 fully saturated rings. The molecule has 0 radical (unpaired) electrons. The summed E-state index contributed by atoms with van der Waals surface area (Å²) in [6, 6.07) is 2.74. The van der Waals surface area contributed by atoms with Crippen LogP contribution >= 0.6 is 0 Å². The van der Waals surface area contributed by atoms with Gasteiger partial charge in [0.05, 0.1) is 18.1 Å². The maximum Gasteiger partial charge on any atom is 0.275 e. The van der Waals surface area contributed by atoms with Crippen LogP contribution in [0.4, 0.5) is 20.3 Å². The number of amides is 1. The van der Waals surface area contributed by atoms with Crippen molar-refractivity contribution in [1.29, 1.82) is 0 Å². The first kappa shape index (κ1) is 11.9. The van der Waals surface area contributed by atoms with E-state index in [1.807, 2.05) is 0 Å². The van der Waals surface area contributed by atoms with Crippen LogP contribution in [0.15, 0.2) is 30.6 Å². The summed E-state index contributed by atoms with van der Waals surface area (Å²) in [5.74, 6) is -1.95. The second kappa shape index (κ2) is 4.74. The minimum atomic E-state index is -0.742. The van der Waals surface area contributed by atoms with Crippen LogP contribution in [0, 0.1) is 11.6 Å². The summed E-state index contributed by atoms with van der Waals surface area (Å²) in [5, 5.41) is 2.19. The van der Waals surface area contributed by atoms with Crippen LogP contribution in [0.2, 0.25) is 0 Å². The quantitative estimate of drug-likeness (QED) is 0.848. The summed E-state index contributed by atoms with van der Waals surface area (Å²) in [6.45, 7) is 0. The molecule has 3 N–H and O–H groups in total.